The largest absolute Gasteiger partial charge is 0.444 e. The molecule has 1 amide bonds. The summed E-state index contributed by atoms with van der Waals surface area (Å²) in [6, 6.07) is -0.583. The average molecular weight is 249 g/mol. The molecule has 1 fully saturated rings. The Morgan fingerprint density at radius 1 is 1.50 bits per heavy atom. The first-order valence-electron chi connectivity index (χ1n) is 4.93. The van der Waals surface area contributed by atoms with E-state index < -0.39 is 17.7 Å². The van der Waals surface area contributed by atoms with Gasteiger partial charge in [-0.25, -0.2) is 4.79 Å². The van der Waals surface area contributed by atoms with Gasteiger partial charge in [-0.1, -0.05) is 0 Å². The lowest BCUT2D eigenvalue weighted by Gasteiger charge is -2.22. The molecular formula is C10H19NO4S. The molecule has 1 N–H and O–H groups in total. The molecule has 94 valence electrons. The lowest BCUT2D eigenvalue weighted by molar-refractivity contribution is -0.119. The zero-order valence-corrected chi connectivity index (χ0v) is 11.0. The molecule has 1 aliphatic heterocycles. The van der Waals surface area contributed by atoms with Gasteiger partial charge in [-0.2, -0.15) is 13.5 Å². The highest BCUT2D eigenvalue weighted by atomic mass is 32.1. The molecule has 0 bridgehead atoms. The molecule has 16 heavy (non-hydrogen) atoms. The van der Waals surface area contributed by atoms with Crippen LogP contribution in [0, 0.1) is 0 Å². The molecular weight excluding hydrogens is 230 g/mol. The number of hydrogen-bond donors (Lipinski definition) is 1. The fraction of sp³-hybridized carbons (Fsp3) is 0.800. The number of nitrogens with one attached hydrogen (secondary N) is 1. The summed E-state index contributed by atoms with van der Waals surface area (Å²) >= 11 is 0. The van der Waals surface area contributed by atoms with Crippen LogP contribution in [0.5, 0.6) is 0 Å². The second-order valence-corrected chi connectivity index (χ2v) is 4.61. The summed E-state index contributed by atoms with van der Waals surface area (Å²) in [5.74, 6) is -0.117. The number of hydrogen-bond acceptors (Lipinski definition) is 4. The first kappa shape index (κ1) is 15.2. The zero-order chi connectivity index (χ0) is 11.6. The SMILES string of the molecule is C[C@H]1OCC(=O)[C@H]1NC(=O)OC(C)(C)C.S. The van der Waals surface area contributed by atoms with Gasteiger partial charge < -0.3 is 14.8 Å². The third-order valence-corrected chi connectivity index (χ3v) is 1.98. The van der Waals surface area contributed by atoms with Gasteiger partial charge in [0.2, 0.25) is 0 Å². The van der Waals surface area contributed by atoms with Crippen LogP contribution in [0.4, 0.5) is 4.79 Å². The summed E-state index contributed by atoms with van der Waals surface area (Å²) in [4.78, 5) is 22.7. The van der Waals surface area contributed by atoms with E-state index in [4.69, 9.17) is 9.47 Å². The van der Waals surface area contributed by atoms with Crippen LogP contribution in [-0.4, -0.2) is 36.2 Å². The van der Waals surface area contributed by atoms with Gasteiger partial charge in [-0.15, -0.1) is 0 Å². The minimum absolute atomic E-state index is 0. The molecule has 0 spiro atoms. The first-order chi connectivity index (χ1) is 6.79. The summed E-state index contributed by atoms with van der Waals surface area (Å²) in [6.07, 6.45) is -0.872. The Hall–Kier alpha value is -0.750. The van der Waals surface area contributed by atoms with Crippen molar-refractivity contribution in [3.63, 3.8) is 0 Å². The van der Waals surface area contributed by atoms with Gasteiger partial charge in [0.05, 0.1) is 6.10 Å². The van der Waals surface area contributed by atoms with Gasteiger partial charge in [0.15, 0.2) is 5.78 Å². The predicted octanol–water partition coefficient (Wildman–Crippen LogP) is 0.980. The maximum atomic E-state index is 11.4. The van der Waals surface area contributed by atoms with E-state index in [1.807, 2.05) is 0 Å². The number of alkyl carbamates (subject to hydrolysis) is 1. The van der Waals surface area contributed by atoms with E-state index in [0.717, 1.165) is 0 Å². The zero-order valence-electron chi connectivity index (χ0n) is 9.99. The van der Waals surface area contributed by atoms with Gasteiger partial charge in [0.25, 0.3) is 0 Å². The molecule has 1 rings (SSSR count). The fourth-order valence-electron chi connectivity index (χ4n) is 1.29. The van der Waals surface area contributed by atoms with E-state index in [9.17, 15) is 9.59 Å². The minimum atomic E-state index is -0.585. The van der Waals surface area contributed by atoms with E-state index >= 15 is 0 Å². The summed E-state index contributed by atoms with van der Waals surface area (Å²) < 4.78 is 10.1. The van der Waals surface area contributed by atoms with E-state index in [1.54, 1.807) is 27.7 Å². The van der Waals surface area contributed by atoms with Crippen LogP contribution in [0.2, 0.25) is 0 Å². The van der Waals surface area contributed by atoms with Gasteiger partial charge >= 0.3 is 6.09 Å². The molecule has 0 aromatic heterocycles. The van der Waals surface area contributed by atoms with Crippen LogP contribution in [-0.2, 0) is 14.3 Å². The third-order valence-electron chi connectivity index (χ3n) is 1.98. The van der Waals surface area contributed by atoms with Gasteiger partial charge in [0.1, 0.15) is 18.2 Å². The molecule has 2 atom stereocenters. The van der Waals surface area contributed by atoms with Crippen LogP contribution in [0.1, 0.15) is 27.7 Å². The number of carbonyl (C=O) groups is 2. The Morgan fingerprint density at radius 3 is 2.44 bits per heavy atom. The van der Waals surface area contributed by atoms with Crippen molar-refractivity contribution in [2.24, 2.45) is 0 Å². The van der Waals surface area contributed by atoms with Gasteiger partial charge in [-0.05, 0) is 27.7 Å². The van der Waals surface area contributed by atoms with Crippen molar-refractivity contribution >= 4 is 25.4 Å². The van der Waals surface area contributed by atoms with Crippen molar-refractivity contribution in [2.75, 3.05) is 6.61 Å². The Labute approximate surface area is 102 Å². The van der Waals surface area contributed by atoms with Crippen LogP contribution in [0.15, 0.2) is 0 Å². The van der Waals surface area contributed by atoms with E-state index in [2.05, 4.69) is 5.32 Å². The number of Topliss-reactive ketones (excluding diaryl/α,β-unsaturated/α-hetero) is 1. The van der Waals surface area contributed by atoms with Crippen LogP contribution >= 0.6 is 13.5 Å². The van der Waals surface area contributed by atoms with E-state index in [-0.39, 0.29) is 32.0 Å². The topological polar surface area (TPSA) is 64.6 Å². The molecule has 1 heterocycles. The average Bonchev–Trinajstić information content (AvgIpc) is 2.32. The lowest BCUT2D eigenvalue weighted by Crippen LogP contribution is -2.45. The second-order valence-electron chi connectivity index (χ2n) is 4.61. The predicted molar refractivity (Wildman–Crippen MR) is 64.0 cm³/mol. The normalized spacial score (nSPS) is 24.9. The Bertz CT molecular complexity index is 274. The summed E-state index contributed by atoms with van der Waals surface area (Å²) in [7, 11) is 0. The smallest absolute Gasteiger partial charge is 0.408 e. The quantitative estimate of drug-likeness (QED) is 0.752. The second kappa shape index (κ2) is 5.54. The molecule has 1 aliphatic rings. The number of ether oxygens (including phenoxy) is 2. The molecule has 1 saturated heterocycles. The Morgan fingerprint density at radius 2 is 2.06 bits per heavy atom. The first-order valence-corrected chi connectivity index (χ1v) is 4.93. The van der Waals surface area contributed by atoms with Gasteiger partial charge in [-0.3, -0.25) is 4.79 Å². The minimum Gasteiger partial charge on any atom is -0.444 e. The monoisotopic (exact) mass is 249 g/mol. The third kappa shape index (κ3) is 4.40. The number of rotatable bonds is 1. The van der Waals surface area contributed by atoms with Crippen molar-refractivity contribution in [2.45, 2.75) is 45.4 Å². The van der Waals surface area contributed by atoms with Crippen molar-refractivity contribution < 1.29 is 19.1 Å². The highest BCUT2D eigenvalue weighted by Gasteiger charge is 2.34. The van der Waals surface area contributed by atoms with Crippen molar-refractivity contribution in [1.82, 2.24) is 5.32 Å². The number of carbonyl (C=O) groups excluding carboxylic acids is 2. The molecule has 0 aromatic rings. The highest BCUT2D eigenvalue weighted by Crippen LogP contribution is 2.11. The molecule has 0 unspecified atom stereocenters. The summed E-state index contributed by atoms with van der Waals surface area (Å²) in [5.41, 5.74) is -0.560. The van der Waals surface area contributed by atoms with Crippen LogP contribution < -0.4 is 5.32 Å². The van der Waals surface area contributed by atoms with Crippen molar-refractivity contribution in [1.29, 1.82) is 0 Å². The Kier molecular flexibility index (Phi) is 5.28. The van der Waals surface area contributed by atoms with Crippen molar-refractivity contribution in [3.05, 3.63) is 0 Å². The lowest BCUT2D eigenvalue weighted by atomic mass is 10.1. The fourth-order valence-corrected chi connectivity index (χ4v) is 1.29. The molecule has 0 aliphatic carbocycles. The maximum absolute atomic E-state index is 11.4. The van der Waals surface area contributed by atoms with E-state index in [0.29, 0.717) is 0 Å². The van der Waals surface area contributed by atoms with Gasteiger partial charge in [0, 0.05) is 0 Å². The molecule has 0 radical (unpaired) electrons. The standard InChI is InChI=1S/C10H17NO4.H2S/c1-6-8(7(12)5-14-6)11-9(13)15-10(2,3)4;/h6,8H,5H2,1-4H3,(H,11,13);1H2/t6-,8+;/m1./s1. The number of amides is 1. The molecule has 0 saturated carbocycles. The Balaban J connectivity index is 0.00000225. The van der Waals surface area contributed by atoms with E-state index in [1.165, 1.54) is 0 Å². The summed E-state index contributed by atoms with van der Waals surface area (Å²) in [5, 5.41) is 2.50. The summed E-state index contributed by atoms with van der Waals surface area (Å²) in [6.45, 7) is 7.10. The molecule has 6 heteroatoms. The number of ketones is 1. The molecule has 5 nitrogen and oxygen atoms in total. The maximum Gasteiger partial charge on any atom is 0.408 e. The van der Waals surface area contributed by atoms with Crippen LogP contribution in [0.25, 0.3) is 0 Å². The van der Waals surface area contributed by atoms with Crippen LogP contribution in [0.3, 0.4) is 0 Å². The molecule has 0 aromatic carbocycles. The van der Waals surface area contributed by atoms with Crippen molar-refractivity contribution in [3.8, 4) is 0 Å². The highest BCUT2D eigenvalue weighted by molar-refractivity contribution is 7.59.